The molecule has 1 N–H and O–H groups in total. The lowest BCUT2D eigenvalue weighted by atomic mass is 10.1. The number of carbonyl (C=O) groups is 1. The van der Waals surface area contributed by atoms with E-state index in [-0.39, 0.29) is 0 Å². The van der Waals surface area contributed by atoms with Crippen molar-refractivity contribution in [3.05, 3.63) is 33.1 Å². The van der Waals surface area contributed by atoms with Crippen molar-refractivity contribution in [2.24, 2.45) is 0 Å². The summed E-state index contributed by atoms with van der Waals surface area (Å²) in [5.41, 5.74) is 1.34. The summed E-state index contributed by atoms with van der Waals surface area (Å²) in [6.45, 7) is 1.93. The molecule has 0 saturated heterocycles. The van der Waals surface area contributed by atoms with Crippen LogP contribution in [0.4, 0.5) is 0 Å². The van der Waals surface area contributed by atoms with Crippen LogP contribution in [-0.2, 0) is 0 Å². The molecule has 1 aromatic carbocycles. The van der Waals surface area contributed by atoms with Crippen molar-refractivity contribution in [1.29, 1.82) is 0 Å². The van der Waals surface area contributed by atoms with Gasteiger partial charge in [-0.15, -0.1) is 11.3 Å². The molecule has 2 aromatic rings. The highest BCUT2D eigenvalue weighted by Crippen LogP contribution is 2.33. The Bertz CT molecular complexity index is 516. The molecule has 2 nitrogen and oxygen atoms in total. The third-order valence-corrected chi connectivity index (χ3v) is 3.99. The average molecular weight is 271 g/mol. The Morgan fingerprint density at radius 1 is 1.57 bits per heavy atom. The zero-order valence-corrected chi connectivity index (χ0v) is 9.78. The van der Waals surface area contributed by atoms with E-state index in [1.807, 2.05) is 18.4 Å². The number of thiophene rings is 1. The third kappa shape index (κ3) is 1.35. The van der Waals surface area contributed by atoms with Crippen LogP contribution in [0.5, 0.6) is 0 Å². The first-order chi connectivity index (χ1) is 6.61. The molecular weight excluding hydrogens is 264 g/mol. The predicted octanol–water partition coefficient (Wildman–Crippen LogP) is 3.67. The van der Waals surface area contributed by atoms with E-state index in [0.29, 0.717) is 10.0 Å². The second-order valence-electron chi connectivity index (χ2n) is 3.02. The van der Waals surface area contributed by atoms with Crippen LogP contribution in [-0.4, -0.2) is 11.1 Å². The first-order valence-electron chi connectivity index (χ1n) is 4.01. The van der Waals surface area contributed by atoms with Gasteiger partial charge in [0, 0.05) is 14.6 Å². The van der Waals surface area contributed by atoms with Gasteiger partial charge in [0.2, 0.25) is 0 Å². The number of aromatic carboxylic acids is 1. The second-order valence-corrected chi connectivity index (χ2v) is 4.73. The largest absolute Gasteiger partial charge is 0.478 e. The smallest absolute Gasteiger partial charge is 0.336 e. The van der Waals surface area contributed by atoms with Gasteiger partial charge < -0.3 is 5.11 Å². The normalized spacial score (nSPS) is 10.7. The van der Waals surface area contributed by atoms with Gasteiger partial charge in [-0.1, -0.05) is 0 Å². The SMILES string of the molecule is Cc1cc(C(=O)O)c(Br)c2ccsc12. The van der Waals surface area contributed by atoms with Gasteiger partial charge in [0.25, 0.3) is 0 Å². The number of aryl methyl sites for hydroxylation is 1. The molecule has 0 fully saturated rings. The number of hydrogen-bond donors (Lipinski definition) is 1. The molecule has 0 aliphatic rings. The minimum atomic E-state index is -0.895. The molecule has 14 heavy (non-hydrogen) atoms. The number of carboxylic acids is 1. The molecule has 0 spiro atoms. The first-order valence-corrected chi connectivity index (χ1v) is 5.68. The van der Waals surface area contributed by atoms with Crippen molar-refractivity contribution in [1.82, 2.24) is 0 Å². The maximum absolute atomic E-state index is 10.9. The number of hydrogen-bond acceptors (Lipinski definition) is 2. The van der Waals surface area contributed by atoms with Crippen LogP contribution in [0.3, 0.4) is 0 Å². The fourth-order valence-corrected chi connectivity index (χ4v) is 3.06. The highest BCUT2D eigenvalue weighted by atomic mass is 79.9. The van der Waals surface area contributed by atoms with E-state index < -0.39 is 5.97 Å². The Hall–Kier alpha value is -0.870. The first kappa shape index (κ1) is 9.68. The standard InChI is InChI=1S/C10H7BrO2S/c1-5-4-7(10(12)13)8(11)6-2-3-14-9(5)6/h2-4H,1H3,(H,12,13). The summed E-state index contributed by atoms with van der Waals surface area (Å²) in [7, 11) is 0. The molecular formula is C10H7BrO2S. The van der Waals surface area contributed by atoms with E-state index in [9.17, 15) is 4.79 Å². The Morgan fingerprint density at radius 2 is 2.29 bits per heavy atom. The lowest BCUT2D eigenvalue weighted by Gasteiger charge is -2.03. The van der Waals surface area contributed by atoms with Crippen molar-refractivity contribution in [2.45, 2.75) is 6.92 Å². The van der Waals surface area contributed by atoms with Crippen LogP contribution in [0, 0.1) is 6.92 Å². The summed E-state index contributed by atoms with van der Waals surface area (Å²) < 4.78 is 1.81. The number of halogens is 1. The summed E-state index contributed by atoms with van der Waals surface area (Å²) in [6.07, 6.45) is 0. The highest BCUT2D eigenvalue weighted by molar-refractivity contribution is 9.10. The van der Waals surface area contributed by atoms with Crippen molar-refractivity contribution in [2.75, 3.05) is 0 Å². The van der Waals surface area contributed by atoms with Crippen molar-refractivity contribution in [3.8, 4) is 0 Å². The van der Waals surface area contributed by atoms with E-state index in [1.54, 1.807) is 17.4 Å². The Balaban J connectivity index is 2.88. The predicted molar refractivity (Wildman–Crippen MR) is 61.2 cm³/mol. The van der Waals surface area contributed by atoms with Gasteiger partial charge in [-0.25, -0.2) is 4.79 Å². The van der Waals surface area contributed by atoms with Crippen LogP contribution < -0.4 is 0 Å². The van der Waals surface area contributed by atoms with Crippen LogP contribution in [0.15, 0.2) is 22.0 Å². The maximum atomic E-state index is 10.9. The van der Waals surface area contributed by atoms with Crippen molar-refractivity contribution >= 4 is 43.3 Å². The van der Waals surface area contributed by atoms with Gasteiger partial charge in [0.1, 0.15) is 0 Å². The van der Waals surface area contributed by atoms with Crippen LogP contribution in [0.2, 0.25) is 0 Å². The summed E-state index contributed by atoms with van der Waals surface area (Å²) >= 11 is 4.95. The lowest BCUT2D eigenvalue weighted by Crippen LogP contribution is -1.98. The Labute approximate surface area is 93.3 Å². The molecule has 0 bridgehead atoms. The summed E-state index contributed by atoms with van der Waals surface area (Å²) in [5.74, 6) is -0.895. The molecule has 2 rings (SSSR count). The fraction of sp³-hybridized carbons (Fsp3) is 0.100. The van der Waals surface area contributed by atoms with Crippen LogP contribution in [0.1, 0.15) is 15.9 Å². The van der Waals surface area contributed by atoms with Gasteiger partial charge >= 0.3 is 5.97 Å². The van der Waals surface area contributed by atoms with E-state index >= 15 is 0 Å². The number of fused-ring (bicyclic) bond motifs is 1. The van der Waals surface area contributed by atoms with Crippen LogP contribution >= 0.6 is 27.3 Å². The Morgan fingerprint density at radius 3 is 2.93 bits per heavy atom. The average Bonchev–Trinajstić information content (AvgIpc) is 2.59. The summed E-state index contributed by atoms with van der Waals surface area (Å²) in [6, 6.07) is 3.63. The molecule has 0 aliphatic carbocycles. The molecule has 0 atom stereocenters. The monoisotopic (exact) mass is 270 g/mol. The van der Waals surface area contributed by atoms with Gasteiger partial charge in [-0.2, -0.15) is 0 Å². The number of carboxylic acid groups (broad SMARTS) is 1. The van der Waals surface area contributed by atoms with E-state index in [1.165, 1.54) is 0 Å². The molecule has 0 radical (unpaired) electrons. The van der Waals surface area contributed by atoms with E-state index in [4.69, 9.17) is 5.11 Å². The molecule has 4 heteroatoms. The molecule has 0 unspecified atom stereocenters. The van der Waals surface area contributed by atoms with Crippen LogP contribution in [0.25, 0.3) is 10.1 Å². The molecule has 0 saturated carbocycles. The second kappa shape index (κ2) is 3.37. The minimum absolute atomic E-state index is 0.327. The minimum Gasteiger partial charge on any atom is -0.478 e. The maximum Gasteiger partial charge on any atom is 0.336 e. The van der Waals surface area contributed by atoms with E-state index in [0.717, 1.165) is 15.6 Å². The molecule has 1 heterocycles. The zero-order valence-electron chi connectivity index (χ0n) is 7.37. The zero-order chi connectivity index (χ0) is 10.3. The number of rotatable bonds is 1. The third-order valence-electron chi connectivity index (χ3n) is 2.09. The topological polar surface area (TPSA) is 37.3 Å². The molecule has 0 aliphatic heterocycles. The van der Waals surface area contributed by atoms with Gasteiger partial charge in [-0.05, 0) is 45.9 Å². The highest BCUT2D eigenvalue weighted by Gasteiger charge is 2.13. The van der Waals surface area contributed by atoms with Gasteiger partial charge in [0.05, 0.1) is 5.56 Å². The molecule has 72 valence electrons. The summed E-state index contributed by atoms with van der Waals surface area (Å²) in [4.78, 5) is 10.9. The van der Waals surface area contributed by atoms with Gasteiger partial charge in [-0.3, -0.25) is 0 Å². The van der Waals surface area contributed by atoms with Crippen molar-refractivity contribution in [3.63, 3.8) is 0 Å². The number of benzene rings is 1. The quantitative estimate of drug-likeness (QED) is 0.859. The van der Waals surface area contributed by atoms with Crippen molar-refractivity contribution < 1.29 is 9.90 Å². The lowest BCUT2D eigenvalue weighted by molar-refractivity contribution is 0.0696. The molecule has 0 amide bonds. The summed E-state index contributed by atoms with van der Waals surface area (Å²) in [5, 5.41) is 11.9. The van der Waals surface area contributed by atoms with Gasteiger partial charge in [0.15, 0.2) is 0 Å². The fourth-order valence-electron chi connectivity index (χ4n) is 1.43. The molecule has 1 aromatic heterocycles. The van der Waals surface area contributed by atoms with E-state index in [2.05, 4.69) is 15.9 Å². The Kier molecular flexibility index (Phi) is 2.33.